The summed E-state index contributed by atoms with van der Waals surface area (Å²) in [7, 11) is -3.91. The maximum Gasteiger partial charge on any atom is 0.360 e. The number of benzene rings is 3. The molecule has 11 nitrogen and oxygen atoms in total. The molecule has 272 valence electrons. The van der Waals surface area contributed by atoms with E-state index in [2.05, 4.69) is 10.2 Å². The Balaban J connectivity index is 0.00000167. The van der Waals surface area contributed by atoms with Gasteiger partial charge >= 0.3 is 13.6 Å². The van der Waals surface area contributed by atoms with E-state index in [-0.39, 0.29) is 73.2 Å². The van der Waals surface area contributed by atoms with Crippen molar-refractivity contribution in [3.05, 3.63) is 128 Å². The highest BCUT2D eigenvalue weighted by Crippen LogP contribution is 2.66. The van der Waals surface area contributed by atoms with E-state index in [0.717, 1.165) is 11.3 Å². The molecule has 2 aliphatic heterocycles. The molecule has 3 aromatic carbocycles. The van der Waals surface area contributed by atoms with Gasteiger partial charge in [-0.25, -0.2) is 4.79 Å². The van der Waals surface area contributed by atoms with Gasteiger partial charge in [0.05, 0.1) is 41.5 Å². The van der Waals surface area contributed by atoms with E-state index in [0.29, 0.717) is 30.0 Å². The minimum atomic E-state index is -3.91. The van der Waals surface area contributed by atoms with Crippen molar-refractivity contribution in [3.63, 3.8) is 0 Å². The third-order valence-electron chi connectivity index (χ3n) is 7.84. The summed E-state index contributed by atoms with van der Waals surface area (Å²) in [6.07, 6.45) is 0. The molecule has 3 aromatic rings. The lowest BCUT2D eigenvalue weighted by Crippen LogP contribution is -2.34. The number of nitrogens with zero attached hydrogens (tertiary/aromatic N) is 2. The van der Waals surface area contributed by atoms with Crippen LogP contribution in [0.25, 0.3) is 0 Å². The van der Waals surface area contributed by atoms with Gasteiger partial charge in [-0.3, -0.25) is 14.7 Å². The van der Waals surface area contributed by atoms with Crippen LogP contribution in [0.4, 0.5) is 11.4 Å². The Morgan fingerprint density at radius 3 is 2.16 bits per heavy atom. The van der Waals surface area contributed by atoms with E-state index in [9.17, 15) is 19.5 Å². The van der Waals surface area contributed by atoms with Gasteiger partial charge in [0.25, 0.3) is 5.69 Å². The molecular formula is C36H46Cl2N3O8P. The SMILES string of the molecule is CC1=C(C(=O)OCCN(Cc2ccccc2)c2ccccc2)C(c2cccc([N+](=O)[O-])c2)C(P2(=O)OCC(C)(C)CO2)=C(C)N1.CCO.Cl.Cl. The standard InChI is InChI=1S/C34H38N3O7P.C2H6O.2ClH/c1-24-30(33(38)42-19-18-36(28-15-9-6-10-16-28)21-26-12-7-5-8-13-26)31(27-14-11-17-29(20-27)37(39)40)32(25(2)35-24)45(41)43-22-34(3,4)23-44-45;1-2-3;;/h5-17,20,31,35H,18-19,21-23H2,1-4H3;3H,2H2,1H3;2*1H. The largest absolute Gasteiger partial charge is 0.460 e. The van der Waals surface area contributed by atoms with Gasteiger partial charge in [0.2, 0.25) is 0 Å². The molecule has 2 aliphatic rings. The summed E-state index contributed by atoms with van der Waals surface area (Å²) < 4.78 is 32.1. The van der Waals surface area contributed by atoms with Gasteiger partial charge in [-0.05, 0) is 44.0 Å². The molecule has 0 amide bonds. The lowest BCUT2D eigenvalue weighted by atomic mass is 9.86. The zero-order valence-electron chi connectivity index (χ0n) is 28.9. The van der Waals surface area contributed by atoms with Crippen molar-refractivity contribution in [2.45, 2.75) is 47.1 Å². The lowest BCUT2D eigenvalue weighted by Gasteiger charge is -2.39. The second kappa shape index (κ2) is 19.1. The average Bonchev–Trinajstić information content (AvgIpc) is 3.06. The van der Waals surface area contributed by atoms with Gasteiger partial charge in [-0.1, -0.05) is 74.5 Å². The van der Waals surface area contributed by atoms with Crippen LogP contribution in [-0.4, -0.2) is 49.0 Å². The molecule has 1 saturated heterocycles. The summed E-state index contributed by atoms with van der Waals surface area (Å²) in [5.41, 5.74) is 3.18. The van der Waals surface area contributed by atoms with Crippen LogP contribution in [0.15, 0.2) is 107 Å². The Morgan fingerprint density at radius 1 is 1.00 bits per heavy atom. The van der Waals surface area contributed by atoms with Crippen LogP contribution in [0.2, 0.25) is 0 Å². The number of carbonyl (C=O) groups excluding carboxylic acids is 1. The smallest absolute Gasteiger partial charge is 0.360 e. The first kappa shape index (κ1) is 42.5. The number of para-hydroxylation sites is 1. The summed E-state index contributed by atoms with van der Waals surface area (Å²) in [5.74, 6) is -1.58. The van der Waals surface area contributed by atoms with E-state index in [1.807, 2.05) is 74.5 Å². The van der Waals surface area contributed by atoms with E-state index in [1.54, 1.807) is 32.9 Å². The fraction of sp³-hybridized carbons (Fsp3) is 0.361. The minimum Gasteiger partial charge on any atom is -0.460 e. The van der Waals surface area contributed by atoms with Crippen LogP contribution < -0.4 is 10.2 Å². The number of nitro benzene ring substituents is 1. The number of aliphatic hydroxyl groups excluding tert-OH is 1. The molecule has 0 bridgehead atoms. The molecule has 0 radical (unpaired) electrons. The average molecular weight is 751 g/mol. The second-order valence-electron chi connectivity index (χ2n) is 12.4. The number of dihydropyridines is 1. The van der Waals surface area contributed by atoms with E-state index >= 15 is 0 Å². The van der Waals surface area contributed by atoms with Crippen molar-refractivity contribution >= 4 is 49.8 Å². The fourth-order valence-corrected chi connectivity index (χ4v) is 8.02. The zero-order valence-corrected chi connectivity index (χ0v) is 31.4. The van der Waals surface area contributed by atoms with Gasteiger partial charge in [-0.2, -0.15) is 0 Å². The second-order valence-corrected chi connectivity index (χ2v) is 14.4. The summed E-state index contributed by atoms with van der Waals surface area (Å²) in [6, 6.07) is 25.9. The molecule has 14 heteroatoms. The molecule has 2 heterocycles. The van der Waals surface area contributed by atoms with Crippen LogP contribution in [0.5, 0.6) is 0 Å². The number of rotatable bonds is 10. The number of ether oxygens (including phenoxy) is 1. The van der Waals surface area contributed by atoms with Crippen molar-refractivity contribution < 1.29 is 33.2 Å². The quantitative estimate of drug-likeness (QED) is 0.0903. The van der Waals surface area contributed by atoms with Crippen LogP contribution in [0, 0.1) is 15.5 Å². The first-order chi connectivity index (χ1) is 22.9. The van der Waals surface area contributed by atoms with E-state index < -0.39 is 24.4 Å². The Kier molecular flexibility index (Phi) is 16.2. The van der Waals surface area contributed by atoms with Crippen LogP contribution >= 0.6 is 32.4 Å². The number of aliphatic hydroxyl groups is 1. The van der Waals surface area contributed by atoms with Crippen molar-refractivity contribution in [3.8, 4) is 0 Å². The van der Waals surface area contributed by atoms with Gasteiger partial charge in [0.15, 0.2) is 0 Å². The fourth-order valence-electron chi connectivity index (χ4n) is 5.57. The van der Waals surface area contributed by atoms with Gasteiger partial charge in [0, 0.05) is 47.8 Å². The monoisotopic (exact) mass is 749 g/mol. The van der Waals surface area contributed by atoms with Gasteiger partial charge in [-0.15, -0.1) is 24.8 Å². The predicted molar refractivity (Wildman–Crippen MR) is 200 cm³/mol. The third-order valence-corrected chi connectivity index (χ3v) is 9.96. The number of carbonyl (C=O) groups is 1. The molecular weight excluding hydrogens is 704 g/mol. The maximum atomic E-state index is 14.3. The first-order valence-corrected chi connectivity index (χ1v) is 17.4. The highest BCUT2D eigenvalue weighted by molar-refractivity contribution is 7.58. The number of allylic oxidation sites excluding steroid dienone is 3. The molecule has 1 unspecified atom stereocenters. The number of nitrogens with one attached hydrogen (secondary N) is 1. The summed E-state index contributed by atoms with van der Waals surface area (Å²) in [4.78, 5) is 27.3. The molecule has 1 fully saturated rings. The number of hydrogen-bond acceptors (Lipinski definition) is 10. The number of anilines is 1. The summed E-state index contributed by atoms with van der Waals surface area (Å²) in [5, 5.41) is 22.7. The molecule has 0 spiro atoms. The number of halogens is 2. The Hall–Kier alpha value is -3.70. The highest BCUT2D eigenvalue weighted by Gasteiger charge is 2.48. The van der Waals surface area contributed by atoms with Gasteiger partial charge in [0.1, 0.15) is 6.61 Å². The topological polar surface area (TPSA) is 140 Å². The minimum absolute atomic E-state index is 0. The Bertz CT molecular complexity index is 1690. The molecule has 1 atom stereocenters. The lowest BCUT2D eigenvalue weighted by molar-refractivity contribution is -0.384. The van der Waals surface area contributed by atoms with Crippen molar-refractivity contribution in [2.75, 3.05) is 37.9 Å². The normalized spacial score (nSPS) is 17.5. The molecule has 0 aromatic heterocycles. The molecule has 2 N–H and O–H groups in total. The van der Waals surface area contributed by atoms with Crippen molar-refractivity contribution in [1.29, 1.82) is 0 Å². The van der Waals surface area contributed by atoms with Crippen LogP contribution in [0.1, 0.15) is 51.7 Å². The molecule has 5 rings (SSSR count). The van der Waals surface area contributed by atoms with Crippen LogP contribution in [0.3, 0.4) is 0 Å². The molecule has 0 saturated carbocycles. The highest BCUT2D eigenvalue weighted by atomic mass is 35.5. The summed E-state index contributed by atoms with van der Waals surface area (Å²) in [6.45, 7) is 10.7. The first-order valence-electron chi connectivity index (χ1n) is 15.8. The van der Waals surface area contributed by atoms with Crippen molar-refractivity contribution in [2.24, 2.45) is 5.41 Å². The van der Waals surface area contributed by atoms with E-state index in [1.165, 1.54) is 12.1 Å². The van der Waals surface area contributed by atoms with Gasteiger partial charge < -0.3 is 29.1 Å². The number of hydrogen-bond donors (Lipinski definition) is 2. The Labute approximate surface area is 306 Å². The molecule has 50 heavy (non-hydrogen) atoms. The predicted octanol–water partition coefficient (Wildman–Crippen LogP) is 8.15. The van der Waals surface area contributed by atoms with Crippen LogP contribution in [-0.2, 0) is 29.7 Å². The third kappa shape index (κ3) is 10.7. The maximum absolute atomic E-state index is 14.3. The van der Waals surface area contributed by atoms with Crippen molar-refractivity contribution in [1.82, 2.24) is 5.32 Å². The number of non-ortho nitro benzene ring substituents is 1. The number of nitro groups is 1. The van der Waals surface area contributed by atoms with E-state index in [4.69, 9.17) is 18.9 Å². The zero-order chi connectivity index (χ0) is 34.9. The Morgan fingerprint density at radius 2 is 1.58 bits per heavy atom. The number of esters is 1. The summed E-state index contributed by atoms with van der Waals surface area (Å²) >= 11 is 0. The molecule has 0 aliphatic carbocycles.